The van der Waals surface area contributed by atoms with Crippen LogP contribution in [0.1, 0.15) is 36.3 Å². The van der Waals surface area contributed by atoms with Crippen molar-refractivity contribution < 1.29 is 13.9 Å². The zero-order valence-corrected chi connectivity index (χ0v) is 12.9. The van der Waals surface area contributed by atoms with Crippen LogP contribution in [0, 0.1) is 17.1 Å². The highest BCUT2D eigenvalue weighted by atomic mass is 19.1. The van der Waals surface area contributed by atoms with Crippen LogP contribution in [0.2, 0.25) is 0 Å². The van der Waals surface area contributed by atoms with Crippen LogP contribution in [0.3, 0.4) is 0 Å². The lowest BCUT2D eigenvalue weighted by atomic mass is 9.80. The predicted octanol–water partition coefficient (Wildman–Crippen LogP) is 4.17. The highest BCUT2D eigenvalue weighted by Crippen LogP contribution is 2.35. The molecule has 0 bridgehead atoms. The van der Waals surface area contributed by atoms with Gasteiger partial charge in [0.15, 0.2) is 0 Å². The fourth-order valence-corrected chi connectivity index (χ4v) is 2.62. The van der Waals surface area contributed by atoms with Gasteiger partial charge in [-0.15, -0.1) is 0 Å². The Morgan fingerprint density at radius 2 is 1.87 bits per heavy atom. The first kappa shape index (κ1) is 16.7. The molecule has 0 spiro atoms. The smallest absolute Gasteiger partial charge is 0.306 e. The summed E-state index contributed by atoms with van der Waals surface area (Å²) in [5, 5.41) is 9.63. The van der Waals surface area contributed by atoms with Crippen LogP contribution in [0.25, 0.3) is 0 Å². The maximum Gasteiger partial charge on any atom is 0.306 e. The van der Waals surface area contributed by atoms with Crippen LogP contribution >= 0.6 is 0 Å². The van der Waals surface area contributed by atoms with E-state index in [9.17, 15) is 14.4 Å². The molecule has 0 saturated carbocycles. The van der Waals surface area contributed by atoms with Gasteiger partial charge < -0.3 is 4.74 Å². The first-order chi connectivity index (χ1) is 11.2. The third-order valence-corrected chi connectivity index (χ3v) is 3.67. The second kappa shape index (κ2) is 8.09. The number of rotatable bonds is 6. The summed E-state index contributed by atoms with van der Waals surface area (Å²) in [5.41, 5.74) is 1.42. The molecular formula is C19H18FNO2. The number of benzene rings is 2. The average molecular weight is 311 g/mol. The lowest BCUT2D eigenvalue weighted by molar-refractivity contribution is -0.143. The number of hydrogen-bond donors (Lipinski definition) is 0. The van der Waals surface area contributed by atoms with E-state index in [1.165, 1.54) is 12.1 Å². The lowest BCUT2D eigenvalue weighted by Crippen LogP contribution is -2.16. The molecule has 2 unspecified atom stereocenters. The third-order valence-electron chi connectivity index (χ3n) is 3.67. The van der Waals surface area contributed by atoms with E-state index in [0.717, 1.165) is 5.56 Å². The van der Waals surface area contributed by atoms with Crippen LogP contribution in [-0.2, 0) is 9.53 Å². The lowest BCUT2D eigenvalue weighted by Gasteiger charge is -2.22. The number of carbonyl (C=O) groups excluding carboxylic acids is 1. The average Bonchev–Trinajstić information content (AvgIpc) is 2.56. The highest BCUT2D eigenvalue weighted by molar-refractivity contribution is 5.71. The van der Waals surface area contributed by atoms with E-state index >= 15 is 0 Å². The Morgan fingerprint density at radius 3 is 2.48 bits per heavy atom. The van der Waals surface area contributed by atoms with Crippen molar-refractivity contribution in [2.45, 2.75) is 25.2 Å². The number of nitriles is 1. The molecule has 0 aliphatic rings. The second-order valence-corrected chi connectivity index (χ2v) is 5.19. The van der Waals surface area contributed by atoms with Gasteiger partial charge in [0.05, 0.1) is 25.0 Å². The maximum atomic E-state index is 13.6. The van der Waals surface area contributed by atoms with Crippen molar-refractivity contribution in [2.75, 3.05) is 6.61 Å². The highest BCUT2D eigenvalue weighted by Gasteiger charge is 2.28. The van der Waals surface area contributed by atoms with Crippen molar-refractivity contribution in [2.24, 2.45) is 0 Å². The summed E-state index contributed by atoms with van der Waals surface area (Å²) in [6.45, 7) is 2.01. The Bertz CT molecular complexity index is 694. The maximum absolute atomic E-state index is 13.6. The molecule has 0 aliphatic heterocycles. The molecule has 0 N–H and O–H groups in total. The van der Waals surface area contributed by atoms with Gasteiger partial charge in [-0.1, -0.05) is 42.5 Å². The Kier molecular flexibility index (Phi) is 5.87. The minimum absolute atomic E-state index is 0.0322. The van der Waals surface area contributed by atoms with Crippen molar-refractivity contribution in [3.63, 3.8) is 0 Å². The minimum Gasteiger partial charge on any atom is -0.466 e. The second-order valence-electron chi connectivity index (χ2n) is 5.19. The molecule has 0 aromatic heterocycles. The van der Waals surface area contributed by atoms with Gasteiger partial charge in [0, 0.05) is 5.92 Å². The monoisotopic (exact) mass is 311 g/mol. The number of hydrogen-bond acceptors (Lipinski definition) is 3. The normalized spacial score (nSPS) is 12.9. The summed E-state index contributed by atoms with van der Waals surface area (Å²) in [4.78, 5) is 11.9. The van der Waals surface area contributed by atoms with E-state index in [1.807, 2.05) is 30.3 Å². The van der Waals surface area contributed by atoms with E-state index in [4.69, 9.17) is 4.74 Å². The molecule has 0 saturated heterocycles. The fraction of sp³-hybridized carbons (Fsp3) is 0.263. The van der Waals surface area contributed by atoms with Crippen molar-refractivity contribution in [3.8, 4) is 6.07 Å². The SMILES string of the molecule is CCOC(=O)CC(c1cccc(F)c1)C(C#N)c1ccccc1. The molecule has 23 heavy (non-hydrogen) atoms. The molecule has 0 amide bonds. The predicted molar refractivity (Wildman–Crippen MR) is 85.2 cm³/mol. The van der Waals surface area contributed by atoms with E-state index < -0.39 is 17.8 Å². The summed E-state index contributed by atoms with van der Waals surface area (Å²) < 4.78 is 18.6. The molecular weight excluding hydrogens is 293 g/mol. The van der Waals surface area contributed by atoms with Gasteiger partial charge in [-0.2, -0.15) is 5.26 Å². The van der Waals surface area contributed by atoms with Crippen LogP contribution in [0.15, 0.2) is 54.6 Å². The molecule has 4 heteroatoms. The van der Waals surface area contributed by atoms with E-state index in [1.54, 1.807) is 19.1 Å². The van der Waals surface area contributed by atoms with Gasteiger partial charge in [0.1, 0.15) is 5.82 Å². The number of esters is 1. The van der Waals surface area contributed by atoms with Gasteiger partial charge in [0.25, 0.3) is 0 Å². The molecule has 2 aromatic carbocycles. The number of halogens is 1. The van der Waals surface area contributed by atoms with Crippen LogP contribution in [-0.4, -0.2) is 12.6 Å². The van der Waals surface area contributed by atoms with E-state index in [0.29, 0.717) is 5.56 Å². The Morgan fingerprint density at radius 1 is 1.17 bits per heavy atom. The Labute approximate surface area is 135 Å². The fourth-order valence-electron chi connectivity index (χ4n) is 2.62. The van der Waals surface area contributed by atoms with Gasteiger partial charge in [0.2, 0.25) is 0 Å². The first-order valence-electron chi connectivity index (χ1n) is 7.51. The third kappa shape index (κ3) is 4.40. The quantitative estimate of drug-likeness (QED) is 0.752. The molecule has 0 aliphatic carbocycles. The van der Waals surface area contributed by atoms with Gasteiger partial charge >= 0.3 is 5.97 Å². The van der Waals surface area contributed by atoms with E-state index in [-0.39, 0.29) is 18.8 Å². The van der Waals surface area contributed by atoms with Crippen LogP contribution < -0.4 is 0 Å². The topological polar surface area (TPSA) is 50.1 Å². The summed E-state index contributed by atoms with van der Waals surface area (Å²) >= 11 is 0. The number of nitrogens with zero attached hydrogens (tertiary/aromatic N) is 1. The molecule has 3 nitrogen and oxygen atoms in total. The van der Waals surface area contributed by atoms with Gasteiger partial charge in [-0.3, -0.25) is 4.79 Å². The zero-order chi connectivity index (χ0) is 16.7. The molecule has 0 fully saturated rings. The number of carbonyl (C=O) groups is 1. The van der Waals surface area contributed by atoms with Gasteiger partial charge in [-0.05, 0) is 30.2 Å². The first-order valence-corrected chi connectivity index (χ1v) is 7.51. The Hall–Kier alpha value is -2.67. The van der Waals surface area contributed by atoms with Crippen molar-refractivity contribution >= 4 is 5.97 Å². The summed E-state index contributed by atoms with van der Waals surface area (Å²) in [7, 11) is 0. The summed E-state index contributed by atoms with van der Waals surface area (Å²) in [5.74, 6) is -1.79. The van der Waals surface area contributed by atoms with Crippen molar-refractivity contribution in [3.05, 3.63) is 71.5 Å². The van der Waals surface area contributed by atoms with E-state index in [2.05, 4.69) is 6.07 Å². The number of ether oxygens (including phenoxy) is 1. The molecule has 118 valence electrons. The molecule has 2 aromatic rings. The largest absolute Gasteiger partial charge is 0.466 e. The molecule has 0 radical (unpaired) electrons. The van der Waals surface area contributed by atoms with Crippen LogP contribution in [0.5, 0.6) is 0 Å². The molecule has 0 heterocycles. The van der Waals surface area contributed by atoms with Gasteiger partial charge in [-0.25, -0.2) is 4.39 Å². The van der Waals surface area contributed by atoms with Crippen LogP contribution in [0.4, 0.5) is 4.39 Å². The summed E-state index contributed by atoms with van der Waals surface area (Å²) in [6.07, 6.45) is 0.0322. The van der Waals surface area contributed by atoms with Crippen molar-refractivity contribution in [1.29, 1.82) is 5.26 Å². The standard InChI is InChI=1S/C19H18FNO2/c1-2-23-19(22)12-17(15-9-6-10-16(20)11-15)18(13-21)14-7-4-3-5-8-14/h3-11,17-18H,2,12H2,1H3. The molecule has 2 atom stereocenters. The van der Waals surface area contributed by atoms with Crippen molar-refractivity contribution in [1.82, 2.24) is 0 Å². The molecule has 2 rings (SSSR count). The summed E-state index contributed by atoms with van der Waals surface area (Å²) in [6, 6.07) is 17.5. The zero-order valence-electron chi connectivity index (χ0n) is 12.9. The minimum atomic E-state index is -0.553. The Balaban J connectivity index is 2.39.